The van der Waals surface area contributed by atoms with Crippen LogP contribution >= 0.6 is 0 Å². The Hall–Kier alpha value is -0.120. The second-order valence-electron chi connectivity index (χ2n) is 6.21. The lowest BCUT2D eigenvalue weighted by atomic mass is 9.97. The first-order chi connectivity index (χ1) is 8.16. The van der Waals surface area contributed by atoms with Crippen LogP contribution in [0, 0.1) is 5.92 Å². The average Bonchev–Trinajstić information content (AvgIpc) is 2.73. The van der Waals surface area contributed by atoms with E-state index in [4.69, 9.17) is 0 Å². The lowest BCUT2D eigenvalue weighted by Crippen LogP contribution is -2.47. The van der Waals surface area contributed by atoms with Gasteiger partial charge in [-0.1, -0.05) is 0 Å². The lowest BCUT2D eigenvalue weighted by Gasteiger charge is -2.36. The fraction of sp³-hybridized carbons (Fsp3) is 1.00. The quantitative estimate of drug-likeness (QED) is 0.800. The fourth-order valence-electron chi connectivity index (χ4n) is 3.34. The van der Waals surface area contributed by atoms with Crippen LogP contribution in [-0.2, 0) is 0 Å². The predicted octanol–water partition coefficient (Wildman–Crippen LogP) is 1.40. The zero-order valence-electron chi connectivity index (χ0n) is 11.8. The van der Waals surface area contributed by atoms with Crippen LogP contribution in [0.3, 0.4) is 0 Å². The highest BCUT2D eigenvalue weighted by Crippen LogP contribution is 2.20. The maximum Gasteiger partial charge on any atom is 0.0238 e. The molecule has 0 bridgehead atoms. The summed E-state index contributed by atoms with van der Waals surface area (Å²) in [6, 6.07) is 1.48. The smallest absolute Gasteiger partial charge is 0.0238 e. The highest BCUT2D eigenvalue weighted by molar-refractivity contribution is 4.85. The molecular weight excluding hydrogens is 210 g/mol. The minimum Gasteiger partial charge on any atom is -0.316 e. The molecule has 0 aromatic carbocycles. The Labute approximate surface area is 107 Å². The Balaban J connectivity index is 1.87. The summed E-state index contributed by atoms with van der Waals surface area (Å²) in [5.74, 6) is 0.872. The number of nitrogens with zero attached hydrogens (tertiary/aromatic N) is 2. The van der Waals surface area contributed by atoms with Gasteiger partial charge in [0.05, 0.1) is 0 Å². The van der Waals surface area contributed by atoms with Gasteiger partial charge in [0, 0.05) is 25.2 Å². The Kier molecular flexibility index (Phi) is 4.83. The molecular formula is C14H29N3. The van der Waals surface area contributed by atoms with E-state index in [1.807, 2.05) is 0 Å². The molecule has 2 aliphatic rings. The van der Waals surface area contributed by atoms with E-state index in [9.17, 15) is 0 Å². The Morgan fingerprint density at radius 2 is 2.18 bits per heavy atom. The molecule has 100 valence electrons. The van der Waals surface area contributed by atoms with E-state index in [2.05, 4.69) is 36.0 Å². The molecule has 0 radical (unpaired) electrons. The van der Waals surface area contributed by atoms with E-state index in [0.717, 1.165) is 12.0 Å². The average molecular weight is 239 g/mol. The monoisotopic (exact) mass is 239 g/mol. The van der Waals surface area contributed by atoms with Crippen molar-refractivity contribution in [3.8, 4) is 0 Å². The van der Waals surface area contributed by atoms with E-state index >= 15 is 0 Å². The molecule has 2 fully saturated rings. The molecule has 0 aromatic heterocycles. The summed E-state index contributed by atoms with van der Waals surface area (Å²) < 4.78 is 0. The highest BCUT2D eigenvalue weighted by Gasteiger charge is 2.29. The summed E-state index contributed by atoms with van der Waals surface area (Å²) >= 11 is 0. The van der Waals surface area contributed by atoms with Gasteiger partial charge in [0.1, 0.15) is 0 Å². The minimum atomic E-state index is 0.688. The van der Waals surface area contributed by atoms with Crippen LogP contribution < -0.4 is 5.32 Å². The van der Waals surface area contributed by atoms with Crippen molar-refractivity contribution in [1.29, 1.82) is 0 Å². The van der Waals surface area contributed by atoms with Crippen LogP contribution in [0.1, 0.15) is 33.1 Å². The van der Waals surface area contributed by atoms with Crippen molar-refractivity contribution in [2.24, 2.45) is 5.92 Å². The van der Waals surface area contributed by atoms with Gasteiger partial charge in [-0.05, 0) is 65.7 Å². The van der Waals surface area contributed by atoms with Crippen LogP contribution in [0.25, 0.3) is 0 Å². The zero-order chi connectivity index (χ0) is 12.3. The summed E-state index contributed by atoms with van der Waals surface area (Å²) in [6.45, 7) is 11.0. The van der Waals surface area contributed by atoms with Gasteiger partial charge in [-0.25, -0.2) is 0 Å². The Bertz CT molecular complexity index is 224. The standard InChI is InChI=1S/C14H29N3/c1-12(2)17(14-6-8-16(3)11-14)10-13-5-4-7-15-9-13/h12-15H,4-11H2,1-3H3. The first-order valence-corrected chi connectivity index (χ1v) is 7.32. The molecule has 3 nitrogen and oxygen atoms in total. The van der Waals surface area contributed by atoms with Crippen molar-refractivity contribution in [2.45, 2.75) is 45.2 Å². The van der Waals surface area contributed by atoms with Crippen molar-refractivity contribution in [2.75, 3.05) is 39.8 Å². The van der Waals surface area contributed by atoms with Crippen LogP contribution in [0.4, 0.5) is 0 Å². The SMILES string of the molecule is CC(C)N(CC1CCCNC1)C1CCN(C)C1. The van der Waals surface area contributed by atoms with E-state index in [0.29, 0.717) is 6.04 Å². The van der Waals surface area contributed by atoms with Gasteiger partial charge in [0.15, 0.2) is 0 Å². The second-order valence-corrected chi connectivity index (χ2v) is 6.21. The Morgan fingerprint density at radius 3 is 2.71 bits per heavy atom. The van der Waals surface area contributed by atoms with Gasteiger partial charge in [-0.15, -0.1) is 0 Å². The molecule has 17 heavy (non-hydrogen) atoms. The van der Waals surface area contributed by atoms with E-state index in [1.165, 1.54) is 52.0 Å². The molecule has 2 unspecified atom stereocenters. The molecule has 1 N–H and O–H groups in total. The molecule has 3 heteroatoms. The summed E-state index contributed by atoms with van der Waals surface area (Å²) in [5, 5.41) is 3.54. The van der Waals surface area contributed by atoms with E-state index in [-0.39, 0.29) is 0 Å². The number of hydrogen-bond acceptors (Lipinski definition) is 3. The van der Waals surface area contributed by atoms with Crippen molar-refractivity contribution < 1.29 is 0 Å². The van der Waals surface area contributed by atoms with Crippen molar-refractivity contribution >= 4 is 0 Å². The van der Waals surface area contributed by atoms with Crippen LogP contribution in [0.5, 0.6) is 0 Å². The third-order valence-corrected chi connectivity index (χ3v) is 4.37. The summed E-state index contributed by atoms with van der Waals surface area (Å²) in [4.78, 5) is 5.22. The Morgan fingerprint density at radius 1 is 1.35 bits per heavy atom. The molecule has 0 spiro atoms. The maximum atomic E-state index is 3.54. The largest absolute Gasteiger partial charge is 0.316 e. The van der Waals surface area contributed by atoms with Crippen LogP contribution in [0.2, 0.25) is 0 Å². The summed E-state index contributed by atoms with van der Waals surface area (Å²) in [6.07, 6.45) is 4.13. The predicted molar refractivity (Wildman–Crippen MR) is 73.3 cm³/mol. The molecule has 2 heterocycles. The number of nitrogens with one attached hydrogen (secondary N) is 1. The lowest BCUT2D eigenvalue weighted by molar-refractivity contribution is 0.121. The van der Waals surface area contributed by atoms with Gasteiger partial charge < -0.3 is 10.2 Å². The molecule has 2 atom stereocenters. The zero-order valence-corrected chi connectivity index (χ0v) is 11.8. The van der Waals surface area contributed by atoms with Crippen molar-refractivity contribution in [1.82, 2.24) is 15.1 Å². The van der Waals surface area contributed by atoms with Gasteiger partial charge in [-0.3, -0.25) is 4.90 Å². The molecule has 0 aromatic rings. The molecule has 0 aliphatic carbocycles. The number of rotatable bonds is 4. The highest BCUT2D eigenvalue weighted by atomic mass is 15.3. The van der Waals surface area contributed by atoms with Crippen molar-refractivity contribution in [3.05, 3.63) is 0 Å². The first-order valence-electron chi connectivity index (χ1n) is 7.32. The number of piperidine rings is 1. The van der Waals surface area contributed by atoms with Gasteiger partial charge in [0.2, 0.25) is 0 Å². The normalized spacial score (nSPS) is 31.6. The number of hydrogen-bond donors (Lipinski definition) is 1. The van der Waals surface area contributed by atoms with Gasteiger partial charge >= 0.3 is 0 Å². The van der Waals surface area contributed by atoms with Gasteiger partial charge in [-0.2, -0.15) is 0 Å². The third-order valence-electron chi connectivity index (χ3n) is 4.37. The fourth-order valence-corrected chi connectivity index (χ4v) is 3.34. The maximum absolute atomic E-state index is 3.54. The summed E-state index contributed by atoms with van der Waals surface area (Å²) in [5.41, 5.74) is 0. The van der Waals surface area contributed by atoms with Gasteiger partial charge in [0.25, 0.3) is 0 Å². The molecule has 0 amide bonds. The number of likely N-dealkylation sites (N-methyl/N-ethyl adjacent to an activating group) is 1. The second kappa shape index (κ2) is 6.17. The molecule has 0 saturated carbocycles. The van der Waals surface area contributed by atoms with E-state index < -0.39 is 0 Å². The minimum absolute atomic E-state index is 0.688. The topological polar surface area (TPSA) is 18.5 Å². The number of likely N-dealkylation sites (tertiary alicyclic amines) is 1. The van der Waals surface area contributed by atoms with E-state index in [1.54, 1.807) is 0 Å². The van der Waals surface area contributed by atoms with Crippen LogP contribution in [0.15, 0.2) is 0 Å². The molecule has 2 saturated heterocycles. The third kappa shape index (κ3) is 3.67. The molecule has 2 aliphatic heterocycles. The molecule has 2 rings (SSSR count). The summed E-state index contributed by atoms with van der Waals surface area (Å²) in [7, 11) is 2.25. The van der Waals surface area contributed by atoms with Crippen LogP contribution in [-0.4, -0.2) is 61.7 Å². The van der Waals surface area contributed by atoms with Crippen molar-refractivity contribution in [3.63, 3.8) is 0 Å². The first kappa shape index (κ1) is 13.3.